The zero-order valence-corrected chi connectivity index (χ0v) is 7.99. The van der Waals surface area contributed by atoms with Crippen LogP contribution in [0.1, 0.15) is 12.5 Å². The van der Waals surface area contributed by atoms with Crippen LogP contribution in [0.25, 0.3) is 5.57 Å². The maximum Gasteiger partial charge on any atom is 0.0664 e. The lowest BCUT2D eigenvalue weighted by Gasteiger charge is -1.99. The Morgan fingerprint density at radius 2 is 2.00 bits per heavy atom. The minimum atomic E-state index is 0.715. The highest BCUT2D eigenvalue weighted by molar-refractivity contribution is 6.30. The van der Waals surface area contributed by atoms with Gasteiger partial charge in [-0.1, -0.05) is 28.9 Å². The first-order valence-corrected chi connectivity index (χ1v) is 4.22. The smallest absolute Gasteiger partial charge is 0.0664 e. The molecule has 13 heavy (non-hydrogen) atoms. The Kier molecular flexibility index (Phi) is 3.53. The number of nitrogens with zero attached hydrogens (tertiary/aromatic N) is 1. The molecular formula is C10H10ClNO. The van der Waals surface area contributed by atoms with Gasteiger partial charge in [-0.2, -0.15) is 0 Å². The molecular weight excluding hydrogens is 186 g/mol. The van der Waals surface area contributed by atoms with Gasteiger partial charge in [0.25, 0.3) is 0 Å². The fourth-order valence-electron chi connectivity index (χ4n) is 0.954. The third kappa shape index (κ3) is 2.92. The summed E-state index contributed by atoms with van der Waals surface area (Å²) in [6.07, 6.45) is 3.06. The van der Waals surface area contributed by atoms with Crippen LogP contribution in [-0.2, 0) is 0 Å². The molecule has 0 aromatic heterocycles. The first kappa shape index (κ1) is 9.81. The van der Waals surface area contributed by atoms with E-state index < -0.39 is 0 Å². The molecule has 1 aromatic rings. The Bertz CT molecular complexity index is 327. The van der Waals surface area contributed by atoms with Gasteiger partial charge < -0.3 is 5.21 Å². The van der Waals surface area contributed by atoms with Gasteiger partial charge in [0.2, 0.25) is 0 Å². The van der Waals surface area contributed by atoms with E-state index in [1.165, 1.54) is 6.21 Å². The molecule has 1 aromatic carbocycles. The molecule has 0 radical (unpaired) electrons. The zero-order valence-electron chi connectivity index (χ0n) is 7.24. The lowest BCUT2D eigenvalue weighted by atomic mass is 10.1. The van der Waals surface area contributed by atoms with Gasteiger partial charge in [0.1, 0.15) is 0 Å². The molecule has 3 heteroatoms. The van der Waals surface area contributed by atoms with Crippen molar-refractivity contribution < 1.29 is 5.21 Å². The second-order valence-corrected chi connectivity index (χ2v) is 3.06. The molecule has 0 saturated carbocycles. The number of allylic oxidation sites excluding steroid dienone is 2. The maximum atomic E-state index is 8.21. The van der Waals surface area contributed by atoms with E-state index in [1.54, 1.807) is 6.08 Å². The molecule has 1 N–H and O–H groups in total. The molecule has 0 aliphatic rings. The van der Waals surface area contributed by atoms with Crippen LogP contribution in [0, 0.1) is 0 Å². The van der Waals surface area contributed by atoms with E-state index in [4.69, 9.17) is 16.8 Å². The van der Waals surface area contributed by atoms with Gasteiger partial charge in [-0.3, -0.25) is 0 Å². The summed E-state index contributed by atoms with van der Waals surface area (Å²) in [6.45, 7) is 1.94. The summed E-state index contributed by atoms with van der Waals surface area (Å²) in [7, 11) is 0. The summed E-state index contributed by atoms with van der Waals surface area (Å²) in [5.74, 6) is 0. The highest BCUT2D eigenvalue weighted by Crippen LogP contribution is 2.16. The summed E-state index contributed by atoms with van der Waals surface area (Å²) in [5.41, 5.74) is 2.08. The van der Waals surface area contributed by atoms with Crippen molar-refractivity contribution in [2.24, 2.45) is 5.16 Å². The van der Waals surface area contributed by atoms with Crippen molar-refractivity contribution in [1.29, 1.82) is 0 Å². The summed E-state index contributed by atoms with van der Waals surface area (Å²) >= 11 is 5.73. The van der Waals surface area contributed by atoms with Gasteiger partial charge in [0, 0.05) is 5.02 Å². The zero-order chi connectivity index (χ0) is 9.68. The molecule has 0 fully saturated rings. The molecule has 0 unspecified atom stereocenters. The molecule has 0 heterocycles. The van der Waals surface area contributed by atoms with Crippen molar-refractivity contribution in [3.8, 4) is 0 Å². The van der Waals surface area contributed by atoms with Crippen LogP contribution < -0.4 is 0 Å². The fraction of sp³-hybridized carbons (Fsp3) is 0.100. The minimum Gasteiger partial charge on any atom is -0.411 e. The quantitative estimate of drug-likeness (QED) is 0.439. The van der Waals surface area contributed by atoms with Crippen LogP contribution in [0.4, 0.5) is 0 Å². The van der Waals surface area contributed by atoms with Gasteiger partial charge >= 0.3 is 0 Å². The van der Waals surface area contributed by atoms with E-state index in [0.717, 1.165) is 11.1 Å². The van der Waals surface area contributed by atoms with E-state index in [1.807, 2.05) is 31.2 Å². The average Bonchev–Trinajstić information content (AvgIpc) is 2.15. The maximum absolute atomic E-state index is 8.21. The van der Waals surface area contributed by atoms with Gasteiger partial charge in [0.05, 0.1) is 6.21 Å². The lowest BCUT2D eigenvalue weighted by Crippen LogP contribution is -1.79. The summed E-state index contributed by atoms with van der Waals surface area (Å²) in [4.78, 5) is 0. The number of oxime groups is 1. The van der Waals surface area contributed by atoms with Crippen molar-refractivity contribution in [1.82, 2.24) is 0 Å². The molecule has 2 nitrogen and oxygen atoms in total. The number of hydrogen-bond donors (Lipinski definition) is 1. The topological polar surface area (TPSA) is 32.6 Å². The van der Waals surface area contributed by atoms with Crippen molar-refractivity contribution in [3.05, 3.63) is 40.9 Å². The van der Waals surface area contributed by atoms with Crippen LogP contribution in [0.2, 0.25) is 5.02 Å². The summed E-state index contributed by atoms with van der Waals surface area (Å²) in [6, 6.07) is 7.48. The van der Waals surface area contributed by atoms with Gasteiger partial charge in [-0.15, -0.1) is 0 Å². The SMILES string of the molecule is C/C(=C/C=N/O)c1ccc(Cl)cc1. The normalized spacial score (nSPS) is 12.3. The van der Waals surface area contributed by atoms with Gasteiger partial charge in [-0.25, -0.2) is 0 Å². The second-order valence-electron chi connectivity index (χ2n) is 2.62. The predicted molar refractivity (Wildman–Crippen MR) is 55.4 cm³/mol. The molecule has 0 aliphatic carbocycles. The van der Waals surface area contributed by atoms with Crippen LogP contribution in [0.5, 0.6) is 0 Å². The molecule has 0 aliphatic heterocycles. The van der Waals surface area contributed by atoms with Crippen molar-refractivity contribution in [2.75, 3.05) is 0 Å². The van der Waals surface area contributed by atoms with Gasteiger partial charge in [-0.05, 0) is 36.3 Å². The number of rotatable bonds is 2. The van der Waals surface area contributed by atoms with Crippen LogP contribution in [0.3, 0.4) is 0 Å². The average molecular weight is 196 g/mol. The first-order chi connectivity index (χ1) is 6.24. The molecule has 0 spiro atoms. The highest BCUT2D eigenvalue weighted by atomic mass is 35.5. The predicted octanol–water partition coefficient (Wildman–Crippen LogP) is 3.20. The van der Waals surface area contributed by atoms with E-state index in [0.29, 0.717) is 5.02 Å². The summed E-state index contributed by atoms with van der Waals surface area (Å²) < 4.78 is 0. The first-order valence-electron chi connectivity index (χ1n) is 3.84. The standard InChI is InChI=1S/C10H10ClNO/c1-8(6-7-12-13)9-2-4-10(11)5-3-9/h2-7,13H,1H3/b8-6-,12-7+. The van der Waals surface area contributed by atoms with Crippen LogP contribution >= 0.6 is 11.6 Å². The number of hydrogen-bond acceptors (Lipinski definition) is 2. The largest absolute Gasteiger partial charge is 0.411 e. The molecule has 68 valence electrons. The third-order valence-electron chi connectivity index (χ3n) is 1.69. The molecule has 1 rings (SSSR count). The van der Waals surface area contributed by atoms with Crippen molar-refractivity contribution in [3.63, 3.8) is 0 Å². The molecule has 0 amide bonds. The van der Waals surface area contributed by atoms with Crippen LogP contribution in [-0.4, -0.2) is 11.4 Å². The Morgan fingerprint density at radius 1 is 1.38 bits per heavy atom. The Morgan fingerprint density at radius 3 is 2.54 bits per heavy atom. The fourth-order valence-corrected chi connectivity index (χ4v) is 1.08. The monoisotopic (exact) mass is 195 g/mol. The van der Waals surface area contributed by atoms with E-state index in [2.05, 4.69) is 5.16 Å². The Labute approximate surface area is 82.1 Å². The molecule has 0 bridgehead atoms. The van der Waals surface area contributed by atoms with E-state index in [-0.39, 0.29) is 0 Å². The summed E-state index contributed by atoms with van der Waals surface area (Å²) in [5, 5.41) is 11.8. The molecule has 0 atom stereocenters. The Balaban J connectivity index is 2.89. The molecule has 0 saturated heterocycles. The van der Waals surface area contributed by atoms with E-state index in [9.17, 15) is 0 Å². The van der Waals surface area contributed by atoms with Crippen molar-refractivity contribution in [2.45, 2.75) is 6.92 Å². The number of benzene rings is 1. The lowest BCUT2D eigenvalue weighted by molar-refractivity contribution is 0.322. The third-order valence-corrected chi connectivity index (χ3v) is 1.94. The van der Waals surface area contributed by atoms with Crippen LogP contribution in [0.15, 0.2) is 35.5 Å². The van der Waals surface area contributed by atoms with E-state index >= 15 is 0 Å². The minimum absolute atomic E-state index is 0.715. The van der Waals surface area contributed by atoms with Crippen molar-refractivity contribution >= 4 is 23.4 Å². The number of halogens is 1. The highest BCUT2D eigenvalue weighted by Gasteiger charge is 1.93. The second kappa shape index (κ2) is 4.67. The Hall–Kier alpha value is -1.28. The van der Waals surface area contributed by atoms with Gasteiger partial charge in [0.15, 0.2) is 0 Å².